The second-order valence-electron chi connectivity index (χ2n) is 5.07. The van der Waals surface area contributed by atoms with Crippen LogP contribution >= 0.6 is 0 Å². The fourth-order valence-corrected chi connectivity index (χ4v) is 3.18. The quantitative estimate of drug-likeness (QED) is 0.916. The summed E-state index contributed by atoms with van der Waals surface area (Å²) in [5.41, 5.74) is 0.675. The molecule has 0 saturated carbocycles. The molecule has 0 aromatic heterocycles. The Bertz CT molecular complexity index is 570. The van der Waals surface area contributed by atoms with Gasteiger partial charge in [-0.1, -0.05) is 6.07 Å². The van der Waals surface area contributed by atoms with E-state index in [2.05, 4.69) is 5.32 Å². The summed E-state index contributed by atoms with van der Waals surface area (Å²) >= 11 is 0. The summed E-state index contributed by atoms with van der Waals surface area (Å²) in [5, 5.41) is 3.25. The Hall–Kier alpha value is -1.05. The van der Waals surface area contributed by atoms with E-state index in [4.69, 9.17) is 0 Å². The van der Waals surface area contributed by atoms with E-state index in [1.807, 2.05) is 0 Å². The molecule has 0 atom stereocenters. The molecule has 1 aromatic carbocycles. The molecule has 7 heteroatoms. The van der Waals surface area contributed by atoms with Crippen LogP contribution in [0.1, 0.15) is 18.4 Å². The highest BCUT2D eigenvalue weighted by molar-refractivity contribution is 7.88. The number of nitrogens with zero attached hydrogens (tertiary/aromatic N) is 1. The topological polar surface area (TPSA) is 49.4 Å². The molecule has 1 saturated heterocycles. The number of piperidine rings is 1. The highest BCUT2D eigenvalue weighted by Crippen LogP contribution is 2.14. The van der Waals surface area contributed by atoms with Gasteiger partial charge in [0.2, 0.25) is 10.0 Å². The van der Waals surface area contributed by atoms with Crippen LogP contribution < -0.4 is 5.32 Å². The predicted octanol–water partition coefficient (Wildman–Crippen LogP) is 1.48. The zero-order chi connectivity index (χ0) is 14.8. The van der Waals surface area contributed by atoms with Crippen molar-refractivity contribution >= 4 is 10.0 Å². The average molecular weight is 304 g/mol. The summed E-state index contributed by atoms with van der Waals surface area (Å²) in [5.74, 6) is -1.70. The standard InChI is InChI=1S/C13H18F2N2O2S/c1-20(18,19)17-6-4-11(5-7-17)16-9-10-2-3-12(14)13(15)8-10/h2-3,8,11,16H,4-7,9H2,1H3. The van der Waals surface area contributed by atoms with E-state index in [1.54, 1.807) is 0 Å². The summed E-state index contributed by atoms with van der Waals surface area (Å²) in [4.78, 5) is 0. The van der Waals surface area contributed by atoms with Crippen molar-refractivity contribution < 1.29 is 17.2 Å². The highest BCUT2D eigenvalue weighted by atomic mass is 32.2. The number of hydrogen-bond donors (Lipinski definition) is 1. The van der Waals surface area contributed by atoms with Crippen LogP contribution in [0.3, 0.4) is 0 Å². The third kappa shape index (κ3) is 3.97. The molecule has 2 rings (SSSR count). The summed E-state index contributed by atoms with van der Waals surface area (Å²) in [6.07, 6.45) is 2.65. The molecule has 0 radical (unpaired) electrons. The molecule has 0 unspecified atom stereocenters. The van der Waals surface area contributed by atoms with Crippen molar-refractivity contribution in [3.05, 3.63) is 35.4 Å². The minimum Gasteiger partial charge on any atom is -0.310 e. The molecule has 0 amide bonds. The van der Waals surface area contributed by atoms with E-state index < -0.39 is 21.7 Å². The van der Waals surface area contributed by atoms with Gasteiger partial charge in [-0.25, -0.2) is 21.5 Å². The van der Waals surface area contributed by atoms with Crippen molar-refractivity contribution in [2.24, 2.45) is 0 Å². The first-order chi connectivity index (χ1) is 9.36. The third-order valence-electron chi connectivity index (χ3n) is 3.50. The predicted molar refractivity (Wildman–Crippen MR) is 72.6 cm³/mol. The molecule has 0 aliphatic carbocycles. The Labute approximate surface area is 117 Å². The van der Waals surface area contributed by atoms with Gasteiger partial charge in [0.25, 0.3) is 0 Å². The van der Waals surface area contributed by atoms with Gasteiger partial charge in [-0.2, -0.15) is 0 Å². The van der Waals surface area contributed by atoms with Crippen LogP contribution in [-0.2, 0) is 16.6 Å². The van der Waals surface area contributed by atoms with Crippen molar-refractivity contribution in [3.63, 3.8) is 0 Å². The molecular formula is C13H18F2N2O2S. The lowest BCUT2D eigenvalue weighted by Gasteiger charge is -2.30. The second kappa shape index (κ2) is 6.15. The van der Waals surface area contributed by atoms with Gasteiger partial charge < -0.3 is 5.32 Å². The van der Waals surface area contributed by atoms with Crippen LogP contribution in [0.5, 0.6) is 0 Å². The van der Waals surface area contributed by atoms with E-state index in [0.29, 0.717) is 25.2 Å². The van der Waals surface area contributed by atoms with E-state index >= 15 is 0 Å². The molecule has 1 fully saturated rings. The fraction of sp³-hybridized carbons (Fsp3) is 0.538. The van der Waals surface area contributed by atoms with Gasteiger partial charge in [-0.15, -0.1) is 0 Å². The van der Waals surface area contributed by atoms with Gasteiger partial charge in [0, 0.05) is 25.7 Å². The highest BCUT2D eigenvalue weighted by Gasteiger charge is 2.24. The van der Waals surface area contributed by atoms with Gasteiger partial charge in [-0.05, 0) is 30.5 Å². The van der Waals surface area contributed by atoms with Crippen LogP contribution in [0, 0.1) is 11.6 Å². The Balaban J connectivity index is 1.83. The molecule has 112 valence electrons. The van der Waals surface area contributed by atoms with Crippen LogP contribution in [-0.4, -0.2) is 38.1 Å². The second-order valence-corrected chi connectivity index (χ2v) is 7.05. The van der Waals surface area contributed by atoms with Crippen LogP contribution in [0.2, 0.25) is 0 Å². The molecule has 1 heterocycles. The first kappa shape index (κ1) is 15.3. The Morgan fingerprint density at radius 3 is 2.45 bits per heavy atom. The number of sulfonamides is 1. The summed E-state index contributed by atoms with van der Waals surface area (Å²) < 4.78 is 50.0. The number of nitrogens with one attached hydrogen (secondary N) is 1. The Morgan fingerprint density at radius 2 is 1.90 bits per heavy atom. The normalized spacial score (nSPS) is 18.4. The van der Waals surface area contributed by atoms with Gasteiger partial charge >= 0.3 is 0 Å². The van der Waals surface area contributed by atoms with Crippen molar-refractivity contribution in [1.29, 1.82) is 0 Å². The van der Waals surface area contributed by atoms with Crippen LogP contribution in [0.25, 0.3) is 0 Å². The first-order valence-electron chi connectivity index (χ1n) is 6.48. The number of hydrogen-bond acceptors (Lipinski definition) is 3. The average Bonchev–Trinajstić information content (AvgIpc) is 2.40. The molecule has 1 N–H and O–H groups in total. The molecule has 1 aromatic rings. The van der Waals surface area contributed by atoms with Gasteiger partial charge in [0.1, 0.15) is 0 Å². The maximum atomic E-state index is 13.1. The minimum atomic E-state index is -3.11. The summed E-state index contributed by atoms with van der Waals surface area (Å²) in [7, 11) is -3.11. The maximum absolute atomic E-state index is 13.1. The Kier molecular flexibility index (Phi) is 4.72. The Morgan fingerprint density at radius 1 is 1.25 bits per heavy atom. The summed E-state index contributed by atoms with van der Waals surface area (Å²) in [6, 6.07) is 4.02. The largest absolute Gasteiger partial charge is 0.310 e. The lowest BCUT2D eigenvalue weighted by Crippen LogP contribution is -2.44. The van der Waals surface area contributed by atoms with Gasteiger partial charge in [0.15, 0.2) is 11.6 Å². The maximum Gasteiger partial charge on any atom is 0.211 e. The SMILES string of the molecule is CS(=O)(=O)N1CCC(NCc2ccc(F)c(F)c2)CC1. The zero-order valence-corrected chi connectivity index (χ0v) is 12.1. The minimum absolute atomic E-state index is 0.195. The van der Waals surface area contributed by atoms with Crippen LogP contribution in [0.15, 0.2) is 18.2 Å². The van der Waals surface area contributed by atoms with Crippen molar-refractivity contribution in [2.45, 2.75) is 25.4 Å². The van der Waals surface area contributed by atoms with Crippen molar-refractivity contribution in [3.8, 4) is 0 Å². The lowest BCUT2D eigenvalue weighted by molar-refractivity contribution is 0.290. The third-order valence-corrected chi connectivity index (χ3v) is 4.80. The summed E-state index contributed by atoms with van der Waals surface area (Å²) in [6.45, 7) is 1.43. The van der Waals surface area contributed by atoms with Crippen molar-refractivity contribution in [2.75, 3.05) is 19.3 Å². The van der Waals surface area contributed by atoms with E-state index in [9.17, 15) is 17.2 Å². The number of benzene rings is 1. The lowest BCUT2D eigenvalue weighted by atomic mass is 10.1. The molecule has 0 bridgehead atoms. The number of rotatable bonds is 4. The molecule has 0 spiro atoms. The molecule has 1 aliphatic rings. The van der Waals surface area contributed by atoms with Gasteiger partial charge in [-0.3, -0.25) is 0 Å². The van der Waals surface area contributed by atoms with E-state index in [0.717, 1.165) is 18.9 Å². The molecular weight excluding hydrogens is 286 g/mol. The molecule has 20 heavy (non-hydrogen) atoms. The molecule has 4 nitrogen and oxygen atoms in total. The van der Waals surface area contributed by atoms with Crippen molar-refractivity contribution in [1.82, 2.24) is 9.62 Å². The monoisotopic (exact) mass is 304 g/mol. The van der Waals surface area contributed by atoms with Gasteiger partial charge in [0.05, 0.1) is 6.26 Å². The van der Waals surface area contributed by atoms with E-state index in [1.165, 1.54) is 22.7 Å². The van der Waals surface area contributed by atoms with E-state index in [-0.39, 0.29) is 6.04 Å². The first-order valence-corrected chi connectivity index (χ1v) is 8.33. The van der Waals surface area contributed by atoms with Crippen LogP contribution in [0.4, 0.5) is 8.78 Å². The fourth-order valence-electron chi connectivity index (χ4n) is 2.30. The molecule has 1 aliphatic heterocycles. The number of halogens is 2. The zero-order valence-electron chi connectivity index (χ0n) is 11.3. The smallest absolute Gasteiger partial charge is 0.211 e.